The second-order valence-corrected chi connectivity index (χ2v) is 7.51. The number of fused-ring (bicyclic) bond motifs is 1. The summed E-state index contributed by atoms with van der Waals surface area (Å²) < 4.78 is 18.5. The zero-order valence-corrected chi connectivity index (χ0v) is 18.1. The number of hydrogen-bond acceptors (Lipinski definition) is 4. The van der Waals surface area contributed by atoms with Crippen molar-refractivity contribution in [3.8, 4) is 5.75 Å². The van der Waals surface area contributed by atoms with Gasteiger partial charge in [-0.2, -0.15) is 0 Å². The van der Waals surface area contributed by atoms with Crippen molar-refractivity contribution >= 4 is 16.9 Å². The molecule has 0 saturated carbocycles. The van der Waals surface area contributed by atoms with Crippen LogP contribution in [0.5, 0.6) is 5.75 Å². The minimum Gasteiger partial charge on any atom is -0.481 e. The van der Waals surface area contributed by atoms with E-state index in [-0.39, 0.29) is 12.5 Å². The number of aromatic nitrogens is 1. The molecule has 0 bridgehead atoms. The van der Waals surface area contributed by atoms with E-state index in [1.54, 1.807) is 0 Å². The first-order valence-corrected chi connectivity index (χ1v) is 10.7. The maximum atomic E-state index is 11.4. The molecule has 0 saturated heterocycles. The third kappa shape index (κ3) is 5.18. The van der Waals surface area contributed by atoms with Crippen molar-refractivity contribution in [3.63, 3.8) is 0 Å². The van der Waals surface area contributed by atoms with E-state index in [1.165, 1.54) is 18.2 Å². The fourth-order valence-corrected chi connectivity index (χ4v) is 3.83. The predicted molar refractivity (Wildman–Crippen MR) is 125 cm³/mol. The Balaban J connectivity index is 1.40. The quantitative estimate of drug-likeness (QED) is 0.262. The number of hydrogen-bond donors (Lipinski definition) is 0. The number of benzene rings is 3. The van der Waals surface area contributed by atoms with E-state index in [1.807, 2.05) is 42.6 Å². The van der Waals surface area contributed by atoms with Crippen LogP contribution in [-0.4, -0.2) is 37.5 Å². The van der Waals surface area contributed by atoms with Crippen molar-refractivity contribution in [2.75, 3.05) is 26.9 Å². The van der Waals surface area contributed by atoms with Gasteiger partial charge in [-0.3, -0.25) is 0 Å². The minimum absolute atomic E-state index is 0.107. The zero-order chi connectivity index (χ0) is 22.2. The molecule has 3 aromatic carbocycles. The van der Waals surface area contributed by atoms with E-state index in [0.717, 1.165) is 17.4 Å². The molecule has 32 heavy (non-hydrogen) atoms. The van der Waals surface area contributed by atoms with Crippen LogP contribution in [0.15, 0.2) is 91.1 Å². The summed E-state index contributed by atoms with van der Waals surface area (Å²) in [5.74, 6) is 0.458. The molecule has 0 aliphatic rings. The van der Waals surface area contributed by atoms with Crippen LogP contribution in [0.1, 0.15) is 17.0 Å². The molecule has 0 unspecified atom stereocenters. The lowest BCUT2D eigenvalue weighted by Crippen LogP contribution is -2.13. The molecule has 1 heterocycles. The van der Waals surface area contributed by atoms with Crippen molar-refractivity contribution < 1.29 is 19.0 Å². The third-order valence-corrected chi connectivity index (χ3v) is 5.51. The molecule has 164 valence electrons. The third-order valence-electron chi connectivity index (χ3n) is 5.51. The molecule has 5 heteroatoms. The van der Waals surface area contributed by atoms with Crippen LogP contribution < -0.4 is 4.74 Å². The average Bonchev–Trinajstić information content (AvgIpc) is 3.27. The van der Waals surface area contributed by atoms with Gasteiger partial charge >= 0.3 is 5.97 Å². The monoisotopic (exact) mass is 429 g/mol. The molecule has 5 nitrogen and oxygen atoms in total. The van der Waals surface area contributed by atoms with Crippen LogP contribution in [0.25, 0.3) is 10.9 Å². The Morgan fingerprint density at radius 1 is 0.875 bits per heavy atom. The summed E-state index contributed by atoms with van der Waals surface area (Å²) >= 11 is 0. The summed E-state index contributed by atoms with van der Waals surface area (Å²) in [6.07, 6.45) is 2.02. The Morgan fingerprint density at radius 2 is 1.56 bits per heavy atom. The molecular weight excluding hydrogens is 402 g/mol. The van der Waals surface area contributed by atoms with Crippen molar-refractivity contribution in [1.29, 1.82) is 0 Å². The van der Waals surface area contributed by atoms with Gasteiger partial charge in [0.25, 0.3) is 0 Å². The van der Waals surface area contributed by atoms with Crippen molar-refractivity contribution in [2.24, 2.45) is 0 Å². The second kappa shape index (κ2) is 10.6. The van der Waals surface area contributed by atoms with E-state index in [4.69, 9.17) is 9.47 Å². The number of carbonyl (C=O) groups excluding carboxylic acids is 1. The predicted octanol–water partition coefficient (Wildman–Crippen LogP) is 5.04. The Hall–Kier alpha value is -3.57. The van der Waals surface area contributed by atoms with E-state index < -0.39 is 5.97 Å². The van der Waals surface area contributed by atoms with Crippen molar-refractivity contribution in [3.05, 3.63) is 102 Å². The average molecular weight is 430 g/mol. The SMILES string of the molecule is COC(=O)COc1cccc2c1ccn2CCOCC(c1ccccc1)c1ccccc1. The van der Waals surface area contributed by atoms with Crippen LogP contribution in [0.4, 0.5) is 0 Å². The van der Waals surface area contributed by atoms with E-state index in [9.17, 15) is 4.79 Å². The lowest BCUT2D eigenvalue weighted by Gasteiger charge is -2.18. The Labute approximate surface area is 188 Å². The Bertz CT molecular complexity index is 1100. The first kappa shape index (κ1) is 21.7. The number of rotatable bonds is 10. The van der Waals surface area contributed by atoms with Gasteiger partial charge in [-0.05, 0) is 29.3 Å². The number of esters is 1. The molecule has 0 amide bonds. The smallest absolute Gasteiger partial charge is 0.343 e. The Morgan fingerprint density at radius 3 is 2.22 bits per heavy atom. The second-order valence-electron chi connectivity index (χ2n) is 7.51. The number of carbonyl (C=O) groups is 1. The standard InChI is InChI=1S/C27H27NO4/c1-30-27(29)20-32-26-14-8-13-25-23(26)15-16-28(25)17-18-31-19-24(21-9-4-2-5-10-21)22-11-6-3-7-12-22/h2-16,24H,17-20H2,1H3. The molecule has 0 radical (unpaired) electrons. The largest absolute Gasteiger partial charge is 0.481 e. The molecule has 0 fully saturated rings. The van der Waals surface area contributed by atoms with Crippen LogP contribution in [0.3, 0.4) is 0 Å². The first-order chi connectivity index (χ1) is 15.8. The molecule has 0 atom stereocenters. The summed E-state index contributed by atoms with van der Waals surface area (Å²) in [5, 5.41) is 0.961. The number of methoxy groups -OCH3 is 1. The lowest BCUT2D eigenvalue weighted by atomic mass is 9.92. The van der Waals surface area contributed by atoms with Crippen molar-refractivity contribution in [2.45, 2.75) is 12.5 Å². The highest BCUT2D eigenvalue weighted by Crippen LogP contribution is 2.27. The van der Waals surface area contributed by atoms with Gasteiger partial charge in [0.1, 0.15) is 5.75 Å². The Kier molecular flexibility index (Phi) is 7.20. The highest BCUT2D eigenvalue weighted by molar-refractivity contribution is 5.86. The van der Waals surface area contributed by atoms with Gasteiger partial charge in [-0.25, -0.2) is 4.79 Å². The summed E-state index contributed by atoms with van der Waals surface area (Å²) in [7, 11) is 1.35. The summed E-state index contributed by atoms with van der Waals surface area (Å²) in [6, 6.07) is 28.8. The zero-order valence-electron chi connectivity index (χ0n) is 18.1. The van der Waals surface area contributed by atoms with Gasteiger partial charge in [0, 0.05) is 24.0 Å². The normalized spacial score (nSPS) is 11.1. The highest BCUT2D eigenvalue weighted by Gasteiger charge is 2.14. The molecule has 0 aliphatic heterocycles. The highest BCUT2D eigenvalue weighted by atomic mass is 16.6. The molecule has 0 aliphatic carbocycles. The maximum Gasteiger partial charge on any atom is 0.343 e. The van der Waals surface area contributed by atoms with Gasteiger partial charge in [0.15, 0.2) is 6.61 Å². The van der Waals surface area contributed by atoms with Gasteiger partial charge < -0.3 is 18.8 Å². The summed E-state index contributed by atoms with van der Waals surface area (Å²) in [5.41, 5.74) is 3.54. The van der Waals surface area contributed by atoms with Crippen LogP contribution in [-0.2, 0) is 20.8 Å². The van der Waals surface area contributed by atoms with Crippen LogP contribution in [0, 0.1) is 0 Å². The first-order valence-electron chi connectivity index (χ1n) is 10.7. The fourth-order valence-electron chi connectivity index (χ4n) is 3.83. The number of nitrogens with zero attached hydrogens (tertiary/aromatic N) is 1. The molecule has 4 aromatic rings. The van der Waals surface area contributed by atoms with Crippen LogP contribution in [0.2, 0.25) is 0 Å². The molecule has 0 spiro atoms. The van der Waals surface area contributed by atoms with Gasteiger partial charge in [0.2, 0.25) is 0 Å². The molecular formula is C27H27NO4. The molecule has 0 N–H and O–H groups in total. The molecule has 4 rings (SSSR count). The minimum atomic E-state index is -0.402. The van der Waals surface area contributed by atoms with Gasteiger partial charge in [-0.1, -0.05) is 66.7 Å². The summed E-state index contributed by atoms with van der Waals surface area (Å²) in [6.45, 7) is 1.82. The topological polar surface area (TPSA) is 49.7 Å². The maximum absolute atomic E-state index is 11.4. The lowest BCUT2D eigenvalue weighted by molar-refractivity contribution is -0.142. The van der Waals surface area contributed by atoms with E-state index >= 15 is 0 Å². The molecule has 1 aromatic heterocycles. The fraction of sp³-hybridized carbons (Fsp3) is 0.222. The van der Waals surface area contributed by atoms with Crippen LogP contribution >= 0.6 is 0 Å². The van der Waals surface area contributed by atoms with E-state index in [0.29, 0.717) is 19.0 Å². The van der Waals surface area contributed by atoms with Gasteiger partial charge in [-0.15, -0.1) is 0 Å². The summed E-state index contributed by atoms with van der Waals surface area (Å²) in [4.78, 5) is 11.4. The van der Waals surface area contributed by atoms with Gasteiger partial charge in [0.05, 0.1) is 25.8 Å². The number of ether oxygens (including phenoxy) is 3. The van der Waals surface area contributed by atoms with E-state index in [2.05, 4.69) is 57.8 Å². The van der Waals surface area contributed by atoms with Crippen molar-refractivity contribution in [1.82, 2.24) is 4.57 Å².